The van der Waals surface area contributed by atoms with Gasteiger partial charge in [-0.1, -0.05) is 32.6 Å². The summed E-state index contributed by atoms with van der Waals surface area (Å²) in [6.07, 6.45) is 7.38. The van der Waals surface area contributed by atoms with Crippen molar-refractivity contribution >= 4 is 10.0 Å². The fraction of sp³-hybridized carbons (Fsp3) is 0.769. The van der Waals surface area contributed by atoms with E-state index in [1.54, 1.807) is 0 Å². The highest BCUT2D eigenvalue weighted by molar-refractivity contribution is 7.89. The predicted octanol–water partition coefficient (Wildman–Crippen LogP) is 1.34. The van der Waals surface area contributed by atoms with Gasteiger partial charge in [0.15, 0.2) is 5.03 Å². The molecule has 0 atom stereocenters. The van der Waals surface area contributed by atoms with Crippen molar-refractivity contribution in [1.29, 1.82) is 0 Å². The minimum atomic E-state index is -3.63. The highest BCUT2D eigenvalue weighted by atomic mass is 32.2. The van der Waals surface area contributed by atoms with Crippen LogP contribution in [0.1, 0.15) is 51.3 Å². The average molecular weight is 301 g/mol. The first-order valence-electron chi connectivity index (χ1n) is 7.21. The number of aromatic amines is 1. The van der Waals surface area contributed by atoms with Crippen LogP contribution in [-0.2, 0) is 16.4 Å². The van der Waals surface area contributed by atoms with Crippen molar-refractivity contribution < 1.29 is 13.5 Å². The number of hydrogen-bond acceptors (Lipinski definition) is 4. The lowest BCUT2D eigenvalue weighted by atomic mass is 9.95. The van der Waals surface area contributed by atoms with Crippen LogP contribution in [-0.4, -0.2) is 35.6 Å². The molecule has 0 saturated heterocycles. The standard InChI is InChI=1S/C13H23N3O3S/c1-2-11-14-9-12(16-11)20(18,19)15-10-13(17)7-5-3-4-6-8-13/h9,15,17H,2-8,10H2,1H3,(H,14,16). The van der Waals surface area contributed by atoms with Gasteiger partial charge in [0.2, 0.25) is 0 Å². The Labute approximate surface area is 120 Å². The molecule has 1 aliphatic carbocycles. The third-order valence-electron chi connectivity index (χ3n) is 3.86. The van der Waals surface area contributed by atoms with E-state index in [1.807, 2.05) is 6.92 Å². The van der Waals surface area contributed by atoms with Gasteiger partial charge in [-0.2, -0.15) is 0 Å². The van der Waals surface area contributed by atoms with E-state index in [0.717, 1.165) is 25.7 Å². The van der Waals surface area contributed by atoms with E-state index in [-0.39, 0.29) is 11.6 Å². The van der Waals surface area contributed by atoms with Crippen LogP contribution in [0.15, 0.2) is 11.2 Å². The van der Waals surface area contributed by atoms with Crippen molar-refractivity contribution in [2.45, 2.75) is 62.5 Å². The zero-order valence-electron chi connectivity index (χ0n) is 11.9. The maximum atomic E-state index is 12.1. The molecule has 2 rings (SSSR count). The topological polar surface area (TPSA) is 95.1 Å². The minimum absolute atomic E-state index is 0.0616. The third kappa shape index (κ3) is 3.80. The maximum Gasteiger partial charge on any atom is 0.257 e. The summed E-state index contributed by atoms with van der Waals surface area (Å²) < 4.78 is 26.8. The van der Waals surface area contributed by atoms with Crippen molar-refractivity contribution in [3.05, 3.63) is 12.0 Å². The number of sulfonamides is 1. The molecule has 1 aromatic rings. The summed E-state index contributed by atoms with van der Waals surface area (Å²) in [7, 11) is -3.63. The molecule has 7 heteroatoms. The van der Waals surface area contributed by atoms with Gasteiger partial charge in [0, 0.05) is 13.0 Å². The molecule has 0 aliphatic heterocycles. The Bertz CT molecular complexity index is 531. The summed E-state index contributed by atoms with van der Waals surface area (Å²) in [5.41, 5.74) is -0.919. The number of H-pyrrole nitrogens is 1. The Morgan fingerprint density at radius 1 is 1.35 bits per heavy atom. The zero-order valence-corrected chi connectivity index (χ0v) is 12.7. The van der Waals surface area contributed by atoms with E-state index in [9.17, 15) is 13.5 Å². The Kier molecular flexibility index (Phi) is 4.82. The summed E-state index contributed by atoms with van der Waals surface area (Å²) >= 11 is 0. The third-order valence-corrected chi connectivity index (χ3v) is 5.17. The van der Waals surface area contributed by atoms with Crippen LogP contribution in [0.4, 0.5) is 0 Å². The smallest absolute Gasteiger partial charge is 0.257 e. The summed E-state index contributed by atoms with van der Waals surface area (Å²) in [6.45, 7) is 1.96. The van der Waals surface area contributed by atoms with Crippen LogP contribution in [0, 0.1) is 0 Å². The van der Waals surface area contributed by atoms with Crippen LogP contribution in [0.5, 0.6) is 0 Å². The molecule has 3 N–H and O–H groups in total. The molecule has 0 spiro atoms. The van der Waals surface area contributed by atoms with Crippen LogP contribution in [0.2, 0.25) is 0 Å². The normalized spacial score (nSPS) is 19.7. The molecule has 0 unspecified atom stereocenters. The average Bonchev–Trinajstić information content (AvgIpc) is 2.81. The molecule has 0 bridgehead atoms. The van der Waals surface area contributed by atoms with Crippen molar-refractivity contribution in [3.63, 3.8) is 0 Å². The minimum Gasteiger partial charge on any atom is -0.389 e. The molecule has 1 saturated carbocycles. The molecular formula is C13H23N3O3S. The molecule has 0 radical (unpaired) electrons. The molecule has 0 amide bonds. The highest BCUT2D eigenvalue weighted by Crippen LogP contribution is 2.26. The Morgan fingerprint density at radius 2 is 2.00 bits per heavy atom. The van der Waals surface area contributed by atoms with Gasteiger partial charge in [-0.25, -0.2) is 18.1 Å². The van der Waals surface area contributed by atoms with Crippen LogP contribution >= 0.6 is 0 Å². The SMILES string of the molecule is CCc1ncc(S(=O)(=O)NCC2(O)CCCCCC2)[nH]1. The number of rotatable bonds is 5. The van der Waals surface area contributed by atoms with Gasteiger partial charge in [-0.15, -0.1) is 0 Å². The van der Waals surface area contributed by atoms with Crippen molar-refractivity contribution in [2.75, 3.05) is 6.54 Å². The zero-order chi connectivity index (χ0) is 14.6. The summed E-state index contributed by atoms with van der Waals surface area (Å²) in [6, 6.07) is 0. The second-order valence-electron chi connectivity index (χ2n) is 5.51. The van der Waals surface area contributed by atoms with Crippen molar-refractivity contribution in [2.24, 2.45) is 0 Å². The Balaban J connectivity index is 2.01. The number of hydrogen-bond donors (Lipinski definition) is 3. The molecule has 1 heterocycles. The summed E-state index contributed by atoms with van der Waals surface area (Å²) in [5, 5.41) is 10.5. The van der Waals surface area contributed by atoms with Crippen LogP contribution in [0.3, 0.4) is 0 Å². The molecule has 1 aromatic heterocycles. The van der Waals surface area contributed by atoms with Crippen LogP contribution < -0.4 is 4.72 Å². The summed E-state index contributed by atoms with van der Waals surface area (Å²) in [4.78, 5) is 6.76. The molecular weight excluding hydrogens is 278 g/mol. The summed E-state index contributed by atoms with van der Waals surface area (Å²) in [5.74, 6) is 0.638. The maximum absolute atomic E-state index is 12.1. The molecule has 0 aromatic carbocycles. The first-order valence-corrected chi connectivity index (χ1v) is 8.69. The number of aliphatic hydroxyl groups is 1. The molecule has 1 fully saturated rings. The van der Waals surface area contributed by atoms with E-state index in [0.29, 0.717) is 25.1 Å². The van der Waals surface area contributed by atoms with Gasteiger partial charge >= 0.3 is 0 Å². The van der Waals surface area contributed by atoms with Gasteiger partial charge < -0.3 is 10.1 Å². The first-order chi connectivity index (χ1) is 9.45. The highest BCUT2D eigenvalue weighted by Gasteiger charge is 2.30. The molecule has 1 aliphatic rings. The van der Waals surface area contributed by atoms with Crippen molar-refractivity contribution in [1.82, 2.24) is 14.7 Å². The van der Waals surface area contributed by atoms with E-state index >= 15 is 0 Å². The second kappa shape index (κ2) is 6.24. The van der Waals surface area contributed by atoms with Crippen molar-refractivity contribution in [3.8, 4) is 0 Å². The van der Waals surface area contributed by atoms with E-state index in [2.05, 4.69) is 14.7 Å². The number of imidazole rings is 1. The first kappa shape index (κ1) is 15.5. The van der Waals surface area contributed by atoms with Crippen LogP contribution in [0.25, 0.3) is 0 Å². The van der Waals surface area contributed by atoms with E-state index in [4.69, 9.17) is 0 Å². The quantitative estimate of drug-likeness (QED) is 0.715. The lowest BCUT2D eigenvalue weighted by molar-refractivity contribution is 0.0303. The van der Waals surface area contributed by atoms with E-state index < -0.39 is 15.6 Å². The lowest BCUT2D eigenvalue weighted by Crippen LogP contribution is -2.42. The number of nitrogens with zero attached hydrogens (tertiary/aromatic N) is 1. The predicted molar refractivity (Wildman–Crippen MR) is 75.8 cm³/mol. The second-order valence-corrected chi connectivity index (χ2v) is 7.25. The van der Waals surface area contributed by atoms with Gasteiger partial charge in [0.05, 0.1) is 11.8 Å². The lowest BCUT2D eigenvalue weighted by Gasteiger charge is -2.26. The monoisotopic (exact) mass is 301 g/mol. The fourth-order valence-electron chi connectivity index (χ4n) is 2.53. The fourth-order valence-corrected chi connectivity index (χ4v) is 3.59. The number of aryl methyl sites for hydroxylation is 1. The Morgan fingerprint density at radius 3 is 2.55 bits per heavy atom. The Hall–Kier alpha value is -0.920. The molecule has 20 heavy (non-hydrogen) atoms. The van der Waals surface area contributed by atoms with Gasteiger partial charge in [0.25, 0.3) is 10.0 Å². The largest absolute Gasteiger partial charge is 0.389 e. The van der Waals surface area contributed by atoms with Gasteiger partial charge in [-0.05, 0) is 12.8 Å². The molecule has 114 valence electrons. The number of nitrogens with one attached hydrogen (secondary N) is 2. The molecule has 6 nitrogen and oxygen atoms in total. The van der Waals surface area contributed by atoms with Gasteiger partial charge in [0.1, 0.15) is 5.82 Å². The number of aromatic nitrogens is 2. The van der Waals surface area contributed by atoms with E-state index in [1.165, 1.54) is 6.20 Å². The van der Waals surface area contributed by atoms with Gasteiger partial charge in [-0.3, -0.25) is 0 Å².